The number of hydrogen-bond donors (Lipinski definition) is 2. The number of aromatic hydroxyl groups is 2. The molecule has 0 aliphatic rings. The third-order valence-electron chi connectivity index (χ3n) is 2.70. The Kier molecular flexibility index (Phi) is 5.25. The summed E-state index contributed by atoms with van der Waals surface area (Å²) in [6.07, 6.45) is 1.59. The van der Waals surface area contributed by atoms with E-state index in [1.165, 1.54) is 0 Å². The van der Waals surface area contributed by atoms with Crippen LogP contribution in [0, 0.1) is 0 Å². The summed E-state index contributed by atoms with van der Waals surface area (Å²) in [7, 11) is 0. The summed E-state index contributed by atoms with van der Waals surface area (Å²) in [5.74, 6) is 0.502. The largest absolute Gasteiger partial charge is 0.506 e. The number of rotatable bonds is 4. The van der Waals surface area contributed by atoms with Crippen LogP contribution in [0.4, 0.5) is 5.69 Å². The molecular weight excluding hydrogens is 402 g/mol. The van der Waals surface area contributed by atoms with Gasteiger partial charge in [0.2, 0.25) is 0 Å². The van der Waals surface area contributed by atoms with Crippen LogP contribution < -0.4 is 4.74 Å². The number of ether oxygens (including phenoxy) is 1. The Hall–Kier alpha value is -1.53. The summed E-state index contributed by atoms with van der Waals surface area (Å²) >= 11 is 6.70. The van der Waals surface area contributed by atoms with Gasteiger partial charge >= 0.3 is 0 Å². The second kappa shape index (κ2) is 6.95. The number of phenolic OH excluding ortho intramolecular Hbond substituents is 2. The topological polar surface area (TPSA) is 62.0 Å². The van der Waals surface area contributed by atoms with Crippen molar-refractivity contribution >= 4 is 43.8 Å². The molecule has 0 aliphatic heterocycles. The molecule has 110 valence electrons. The van der Waals surface area contributed by atoms with Crippen LogP contribution >= 0.6 is 31.9 Å². The lowest BCUT2D eigenvalue weighted by molar-refractivity contribution is 0.317. The molecule has 6 heteroatoms. The maximum Gasteiger partial charge on any atom is 0.173 e. The fourth-order valence-corrected chi connectivity index (χ4v) is 2.51. The normalized spacial score (nSPS) is 11.0. The molecule has 0 fully saturated rings. The maximum absolute atomic E-state index is 9.98. The van der Waals surface area contributed by atoms with Gasteiger partial charge in [0, 0.05) is 16.3 Å². The molecule has 21 heavy (non-hydrogen) atoms. The standard InChI is InChI=1S/C15H13Br2NO3/c1-2-21-12-7-9(13(16)14(17)15(12)20)8-18-10-5-3-4-6-11(10)19/h3-8,19-20H,2H2,1H3. The molecule has 0 saturated heterocycles. The molecule has 0 radical (unpaired) electrons. The van der Waals surface area contributed by atoms with Gasteiger partial charge < -0.3 is 14.9 Å². The van der Waals surface area contributed by atoms with Gasteiger partial charge in [-0.1, -0.05) is 12.1 Å². The van der Waals surface area contributed by atoms with E-state index in [1.807, 2.05) is 6.92 Å². The van der Waals surface area contributed by atoms with Crippen LogP contribution in [0.15, 0.2) is 44.3 Å². The lowest BCUT2D eigenvalue weighted by atomic mass is 10.2. The molecule has 0 heterocycles. The van der Waals surface area contributed by atoms with Crippen molar-refractivity contribution in [1.82, 2.24) is 0 Å². The predicted octanol–water partition coefficient (Wildman–Crippen LogP) is 4.77. The highest BCUT2D eigenvalue weighted by Gasteiger charge is 2.14. The van der Waals surface area contributed by atoms with Gasteiger partial charge in [-0.15, -0.1) is 0 Å². The first kappa shape index (κ1) is 15.9. The molecule has 0 amide bonds. The van der Waals surface area contributed by atoms with Crippen LogP contribution in [0.5, 0.6) is 17.2 Å². The van der Waals surface area contributed by atoms with E-state index < -0.39 is 0 Å². The molecule has 0 bridgehead atoms. The average molecular weight is 415 g/mol. The lowest BCUT2D eigenvalue weighted by Gasteiger charge is -2.11. The van der Waals surface area contributed by atoms with Gasteiger partial charge in [0.15, 0.2) is 11.5 Å². The average Bonchev–Trinajstić information content (AvgIpc) is 2.48. The van der Waals surface area contributed by atoms with E-state index >= 15 is 0 Å². The van der Waals surface area contributed by atoms with Gasteiger partial charge in [0.05, 0.1) is 11.1 Å². The molecule has 2 aromatic carbocycles. The van der Waals surface area contributed by atoms with Gasteiger partial charge in [0.1, 0.15) is 11.4 Å². The number of aliphatic imine (C=N–C) groups is 1. The summed E-state index contributed by atoms with van der Waals surface area (Å²) in [5, 5.41) is 19.7. The van der Waals surface area contributed by atoms with E-state index in [1.54, 1.807) is 36.5 Å². The van der Waals surface area contributed by atoms with Gasteiger partial charge in [0.25, 0.3) is 0 Å². The zero-order valence-electron chi connectivity index (χ0n) is 11.2. The molecule has 0 spiro atoms. The third-order valence-corrected chi connectivity index (χ3v) is 4.86. The zero-order chi connectivity index (χ0) is 15.4. The highest BCUT2D eigenvalue weighted by molar-refractivity contribution is 9.13. The van der Waals surface area contributed by atoms with Crippen molar-refractivity contribution < 1.29 is 14.9 Å². The first-order valence-electron chi connectivity index (χ1n) is 6.20. The van der Waals surface area contributed by atoms with Gasteiger partial charge in [-0.25, -0.2) is 0 Å². The van der Waals surface area contributed by atoms with Crippen LogP contribution in [-0.2, 0) is 0 Å². The Morgan fingerprint density at radius 3 is 2.57 bits per heavy atom. The smallest absolute Gasteiger partial charge is 0.173 e. The number of phenols is 2. The summed E-state index contributed by atoms with van der Waals surface area (Å²) in [6, 6.07) is 8.48. The Morgan fingerprint density at radius 2 is 1.90 bits per heavy atom. The first-order valence-corrected chi connectivity index (χ1v) is 7.79. The monoisotopic (exact) mass is 413 g/mol. The van der Waals surface area contributed by atoms with Crippen molar-refractivity contribution in [2.45, 2.75) is 6.92 Å². The summed E-state index contributed by atoms with van der Waals surface area (Å²) < 4.78 is 6.52. The van der Waals surface area contributed by atoms with Crippen molar-refractivity contribution in [3.63, 3.8) is 0 Å². The Bertz CT molecular complexity index is 687. The molecular formula is C15H13Br2NO3. The van der Waals surface area contributed by atoms with E-state index in [-0.39, 0.29) is 11.5 Å². The molecule has 4 nitrogen and oxygen atoms in total. The minimum atomic E-state index is 0.0310. The zero-order valence-corrected chi connectivity index (χ0v) is 14.3. The van der Waals surface area contributed by atoms with Crippen molar-refractivity contribution in [3.05, 3.63) is 44.8 Å². The molecule has 2 N–H and O–H groups in total. The molecule has 0 unspecified atom stereocenters. The second-order valence-corrected chi connectivity index (χ2v) is 5.71. The van der Waals surface area contributed by atoms with Crippen LogP contribution in [0.1, 0.15) is 12.5 Å². The van der Waals surface area contributed by atoms with Crippen LogP contribution in [0.25, 0.3) is 0 Å². The highest BCUT2D eigenvalue weighted by atomic mass is 79.9. The molecule has 0 atom stereocenters. The fourth-order valence-electron chi connectivity index (χ4n) is 1.68. The predicted molar refractivity (Wildman–Crippen MR) is 90.0 cm³/mol. The minimum Gasteiger partial charge on any atom is -0.506 e. The Balaban J connectivity index is 2.42. The van der Waals surface area contributed by atoms with Crippen molar-refractivity contribution in [3.8, 4) is 17.2 Å². The minimum absolute atomic E-state index is 0.0310. The van der Waals surface area contributed by atoms with Crippen molar-refractivity contribution in [2.24, 2.45) is 4.99 Å². The summed E-state index contributed by atoms with van der Waals surface area (Å²) in [4.78, 5) is 4.25. The molecule has 0 aromatic heterocycles. The van der Waals surface area contributed by atoms with Crippen LogP contribution in [-0.4, -0.2) is 23.0 Å². The molecule has 0 saturated carbocycles. The van der Waals surface area contributed by atoms with E-state index in [0.717, 1.165) is 0 Å². The van der Waals surface area contributed by atoms with Gasteiger partial charge in [-0.2, -0.15) is 0 Å². The van der Waals surface area contributed by atoms with Crippen LogP contribution in [0.3, 0.4) is 0 Å². The highest BCUT2D eigenvalue weighted by Crippen LogP contribution is 2.41. The number of nitrogens with zero attached hydrogens (tertiary/aromatic N) is 1. The molecule has 0 aliphatic carbocycles. The summed E-state index contributed by atoms with van der Waals surface area (Å²) in [5.41, 5.74) is 1.18. The van der Waals surface area contributed by atoms with E-state index in [0.29, 0.717) is 32.6 Å². The number of para-hydroxylation sites is 2. The van der Waals surface area contributed by atoms with Gasteiger partial charge in [-0.3, -0.25) is 4.99 Å². The number of halogens is 2. The number of hydrogen-bond acceptors (Lipinski definition) is 4. The van der Waals surface area contributed by atoms with Crippen molar-refractivity contribution in [1.29, 1.82) is 0 Å². The van der Waals surface area contributed by atoms with Crippen LogP contribution in [0.2, 0.25) is 0 Å². The lowest BCUT2D eigenvalue weighted by Crippen LogP contribution is -1.95. The Labute approximate surface area is 139 Å². The first-order chi connectivity index (χ1) is 10.0. The van der Waals surface area contributed by atoms with Crippen molar-refractivity contribution in [2.75, 3.05) is 6.61 Å². The summed E-state index contributed by atoms with van der Waals surface area (Å²) in [6.45, 7) is 2.28. The molecule has 2 aromatic rings. The second-order valence-electron chi connectivity index (χ2n) is 4.12. The van der Waals surface area contributed by atoms with E-state index in [2.05, 4.69) is 36.9 Å². The maximum atomic E-state index is 9.98. The third kappa shape index (κ3) is 3.57. The number of benzene rings is 2. The van der Waals surface area contributed by atoms with E-state index in [4.69, 9.17) is 4.74 Å². The van der Waals surface area contributed by atoms with Gasteiger partial charge in [-0.05, 0) is 57.0 Å². The molecule has 2 rings (SSSR count). The fraction of sp³-hybridized carbons (Fsp3) is 0.133. The Morgan fingerprint density at radius 1 is 1.19 bits per heavy atom. The quantitative estimate of drug-likeness (QED) is 0.708. The SMILES string of the molecule is CCOc1cc(C=Nc2ccccc2O)c(Br)c(Br)c1O. The van der Waals surface area contributed by atoms with E-state index in [9.17, 15) is 10.2 Å².